The molecule has 1 aliphatic carbocycles. The summed E-state index contributed by atoms with van der Waals surface area (Å²) >= 11 is 0. The van der Waals surface area contributed by atoms with Crippen molar-refractivity contribution in [2.24, 2.45) is 17.1 Å². The Kier molecular flexibility index (Phi) is 8.67. The Balaban J connectivity index is 0.00000324. The molecule has 0 aromatic carbocycles. The highest BCUT2D eigenvalue weighted by Gasteiger charge is 2.34. The zero-order chi connectivity index (χ0) is 13.6. The maximum atomic E-state index is 12.4. The monoisotopic (exact) mass is 290 g/mol. The number of amides is 1. The number of rotatable bonds is 6. The smallest absolute Gasteiger partial charge is 0.223 e. The molecule has 0 heterocycles. The van der Waals surface area contributed by atoms with E-state index in [4.69, 9.17) is 5.73 Å². The van der Waals surface area contributed by atoms with E-state index in [1.807, 2.05) is 4.90 Å². The van der Waals surface area contributed by atoms with E-state index in [-0.39, 0.29) is 17.8 Å². The van der Waals surface area contributed by atoms with Crippen LogP contribution < -0.4 is 5.73 Å². The molecule has 0 aromatic rings. The second kappa shape index (κ2) is 8.80. The van der Waals surface area contributed by atoms with Crippen LogP contribution in [0.1, 0.15) is 59.3 Å². The van der Waals surface area contributed by atoms with Gasteiger partial charge < -0.3 is 10.6 Å². The molecule has 1 amide bonds. The lowest BCUT2D eigenvalue weighted by Crippen LogP contribution is -2.41. The summed E-state index contributed by atoms with van der Waals surface area (Å²) in [6.07, 6.45) is 6.70. The molecule has 0 unspecified atom stereocenters. The van der Waals surface area contributed by atoms with Gasteiger partial charge >= 0.3 is 0 Å². The maximum absolute atomic E-state index is 12.4. The second-order valence-electron chi connectivity index (χ2n) is 6.27. The van der Waals surface area contributed by atoms with Crippen molar-refractivity contribution in [3.8, 4) is 0 Å². The molecule has 0 saturated heterocycles. The van der Waals surface area contributed by atoms with Crippen LogP contribution in [0, 0.1) is 11.3 Å². The van der Waals surface area contributed by atoms with Gasteiger partial charge in [0.2, 0.25) is 5.91 Å². The topological polar surface area (TPSA) is 46.3 Å². The molecular weight excluding hydrogens is 260 g/mol. The zero-order valence-electron chi connectivity index (χ0n) is 12.8. The molecule has 1 fully saturated rings. The number of hydrogen-bond acceptors (Lipinski definition) is 2. The molecule has 3 nitrogen and oxygen atoms in total. The highest BCUT2D eigenvalue weighted by atomic mass is 35.5. The Hall–Kier alpha value is -0.280. The van der Waals surface area contributed by atoms with E-state index >= 15 is 0 Å². The highest BCUT2D eigenvalue weighted by molar-refractivity contribution is 5.85. The van der Waals surface area contributed by atoms with E-state index in [1.165, 1.54) is 19.3 Å². The van der Waals surface area contributed by atoms with Crippen molar-refractivity contribution >= 4 is 18.3 Å². The fourth-order valence-electron chi connectivity index (χ4n) is 3.04. The number of halogens is 1. The van der Waals surface area contributed by atoms with Crippen molar-refractivity contribution in [1.29, 1.82) is 0 Å². The third kappa shape index (κ3) is 5.70. The fraction of sp³-hybridized carbons (Fsp3) is 0.933. The third-order valence-corrected chi connectivity index (χ3v) is 4.19. The summed E-state index contributed by atoms with van der Waals surface area (Å²) in [5, 5.41) is 0. The molecule has 0 atom stereocenters. The first-order valence-corrected chi connectivity index (χ1v) is 7.51. The van der Waals surface area contributed by atoms with Crippen molar-refractivity contribution in [3.05, 3.63) is 0 Å². The van der Waals surface area contributed by atoms with E-state index in [0.717, 1.165) is 25.9 Å². The molecule has 1 saturated carbocycles. The molecule has 4 heteroatoms. The minimum atomic E-state index is 0. The Morgan fingerprint density at radius 3 is 2.26 bits per heavy atom. The van der Waals surface area contributed by atoms with Crippen molar-refractivity contribution in [3.63, 3.8) is 0 Å². The van der Waals surface area contributed by atoms with Crippen LogP contribution in [0.15, 0.2) is 0 Å². The number of nitrogens with two attached hydrogens (primary N) is 1. The van der Waals surface area contributed by atoms with Gasteiger partial charge in [0.05, 0.1) is 0 Å². The molecule has 0 radical (unpaired) electrons. The van der Waals surface area contributed by atoms with E-state index < -0.39 is 0 Å². The molecule has 0 aromatic heterocycles. The van der Waals surface area contributed by atoms with Gasteiger partial charge in [-0.3, -0.25) is 4.79 Å². The van der Waals surface area contributed by atoms with E-state index in [1.54, 1.807) is 0 Å². The summed E-state index contributed by atoms with van der Waals surface area (Å²) in [5.41, 5.74) is 6.06. The summed E-state index contributed by atoms with van der Waals surface area (Å²) in [7, 11) is 0. The van der Waals surface area contributed by atoms with Gasteiger partial charge in [0, 0.05) is 19.5 Å². The van der Waals surface area contributed by atoms with Crippen molar-refractivity contribution in [2.45, 2.75) is 59.3 Å². The number of nitrogens with zero attached hydrogens (tertiary/aromatic N) is 1. The van der Waals surface area contributed by atoms with Gasteiger partial charge in [0.1, 0.15) is 0 Å². The first-order chi connectivity index (χ1) is 8.53. The Morgan fingerprint density at radius 2 is 1.84 bits per heavy atom. The third-order valence-electron chi connectivity index (χ3n) is 4.19. The Morgan fingerprint density at radius 1 is 1.26 bits per heavy atom. The average Bonchev–Trinajstić information content (AvgIpc) is 2.36. The van der Waals surface area contributed by atoms with Crippen LogP contribution in [-0.2, 0) is 4.79 Å². The predicted octanol–water partition coefficient (Wildman–Crippen LogP) is 3.21. The number of carbonyl (C=O) groups is 1. The van der Waals surface area contributed by atoms with Gasteiger partial charge in [-0.05, 0) is 37.6 Å². The number of carbonyl (C=O) groups excluding carboxylic acids is 1. The van der Waals surface area contributed by atoms with E-state index in [9.17, 15) is 4.79 Å². The van der Waals surface area contributed by atoms with Gasteiger partial charge in [-0.15, -0.1) is 12.4 Å². The summed E-state index contributed by atoms with van der Waals surface area (Å²) in [6.45, 7) is 8.74. The fourth-order valence-corrected chi connectivity index (χ4v) is 3.04. The first-order valence-electron chi connectivity index (χ1n) is 7.51. The minimum Gasteiger partial charge on any atom is -0.343 e. The van der Waals surface area contributed by atoms with Crippen LogP contribution >= 0.6 is 12.4 Å². The summed E-state index contributed by atoms with van der Waals surface area (Å²) < 4.78 is 0. The van der Waals surface area contributed by atoms with Gasteiger partial charge in [0.15, 0.2) is 0 Å². The lowest BCUT2D eigenvalue weighted by Gasteiger charge is -2.37. The lowest BCUT2D eigenvalue weighted by atomic mass is 9.71. The standard InChI is InChI=1S/C15H30N2O.ClH/c1-4-17(11-13(2)3)14(18)10-15(12-16)8-6-5-7-9-15;/h13H,4-12,16H2,1-3H3;1H. The minimum absolute atomic E-state index is 0. The van der Waals surface area contributed by atoms with Crippen LogP contribution in [0.4, 0.5) is 0 Å². The van der Waals surface area contributed by atoms with Crippen LogP contribution in [0.5, 0.6) is 0 Å². The van der Waals surface area contributed by atoms with E-state index in [0.29, 0.717) is 24.8 Å². The molecule has 19 heavy (non-hydrogen) atoms. The SMILES string of the molecule is CCN(CC(C)C)C(=O)CC1(CN)CCCCC1.Cl. The number of hydrogen-bond donors (Lipinski definition) is 1. The second-order valence-corrected chi connectivity index (χ2v) is 6.27. The van der Waals surface area contributed by atoms with Gasteiger partial charge in [-0.2, -0.15) is 0 Å². The first kappa shape index (κ1) is 18.7. The van der Waals surface area contributed by atoms with Crippen molar-refractivity contribution in [2.75, 3.05) is 19.6 Å². The largest absolute Gasteiger partial charge is 0.343 e. The van der Waals surface area contributed by atoms with Crippen LogP contribution in [-0.4, -0.2) is 30.4 Å². The molecule has 1 rings (SSSR count). The molecule has 1 aliphatic rings. The highest BCUT2D eigenvalue weighted by Crippen LogP contribution is 2.38. The lowest BCUT2D eigenvalue weighted by molar-refractivity contribution is -0.134. The molecular formula is C15H31ClN2O. The zero-order valence-corrected chi connectivity index (χ0v) is 13.6. The molecule has 0 bridgehead atoms. The van der Waals surface area contributed by atoms with Crippen LogP contribution in [0.3, 0.4) is 0 Å². The Labute approximate surface area is 124 Å². The van der Waals surface area contributed by atoms with Gasteiger partial charge in [-0.1, -0.05) is 33.1 Å². The van der Waals surface area contributed by atoms with Gasteiger partial charge in [-0.25, -0.2) is 0 Å². The average molecular weight is 291 g/mol. The maximum Gasteiger partial charge on any atom is 0.223 e. The Bertz CT molecular complexity index is 263. The van der Waals surface area contributed by atoms with Crippen molar-refractivity contribution in [1.82, 2.24) is 4.90 Å². The van der Waals surface area contributed by atoms with Crippen molar-refractivity contribution < 1.29 is 4.79 Å². The summed E-state index contributed by atoms with van der Waals surface area (Å²) in [6, 6.07) is 0. The quantitative estimate of drug-likeness (QED) is 0.816. The van der Waals surface area contributed by atoms with Crippen LogP contribution in [0.25, 0.3) is 0 Å². The molecule has 0 spiro atoms. The van der Waals surface area contributed by atoms with Gasteiger partial charge in [0.25, 0.3) is 0 Å². The van der Waals surface area contributed by atoms with E-state index in [2.05, 4.69) is 20.8 Å². The summed E-state index contributed by atoms with van der Waals surface area (Å²) in [4.78, 5) is 14.4. The summed E-state index contributed by atoms with van der Waals surface area (Å²) in [5.74, 6) is 0.840. The predicted molar refractivity (Wildman–Crippen MR) is 83.5 cm³/mol. The molecule has 0 aliphatic heterocycles. The normalized spacial score (nSPS) is 17.9. The molecule has 2 N–H and O–H groups in total. The van der Waals surface area contributed by atoms with Crippen LogP contribution in [0.2, 0.25) is 0 Å². The molecule has 114 valence electrons.